The van der Waals surface area contributed by atoms with Gasteiger partial charge in [0, 0.05) is 25.7 Å². The summed E-state index contributed by atoms with van der Waals surface area (Å²) in [4.78, 5) is 11.7. The van der Waals surface area contributed by atoms with Gasteiger partial charge < -0.3 is 16.0 Å². The number of nitrogens with one attached hydrogen (secondary N) is 3. The second-order valence-electron chi connectivity index (χ2n) is 4.53. The molecule has 0 aromatic heterocycles. The summed E-state index contributed by atoms with van der Waals surface area (Å²) in [6.07, 6.45) is 1.10. The molecule has 1 rings (SSSR count). The van der Waals surface area contributed by atoms with Crippen molar-refractivity contribution in [3.05, 3.63) is 0 Å². The molecule has 1 aliphatic rings. The molecule has 15 heavy (non-hydrogen) atoms. The summed E-state index contributed by atoms with van der Waals surface area (Å²) in [6.45, 7) is 8.77. The van der Waals surface area contributed by atoms with Crippen LogP contribution in [0.2, 0.25) is 0 Å². The molecule has 0 aromatic carbocycles. The zero-order valence-electron chi connectivity index (χ0n) is 9.97. The molecule has 0 aromatic rings. The molecule has 1 fully saturated rings. The maximum atomic E-state index is 11.7. The van der Waals surface area contributed by atoms with Crippen molar-refractivity contribution in [1.29, 1.82) is 0 Å². The number of hydrogen-bond donors (Lipinski definition) is 3. The Morgan fingerprint density at radius 2 is 2.20 bits per heavy atom. The van der Waals surface area contributed by atoms with Crippen molar-refractivity contribution in [3.63, 3.8) is 0 Å². The van der Waals surface area contributed by atoms with Crippen molar-refractivity contribution in [1.82, 2.24) is 16.0 Å². The molecule has 3 unspecified atom stereocenters. The largest absolute Gasteiger partial charge is 0.354 e. The Balaban J connectivity index is 2.22. The van der Waals surface area contributed by atoms with Crippen molar-refractivity contribution in [2.75, 3.05) is 19.6 Å². The van der Waals surface area contributed by atoms with Gasteiger partial charge in [0.15, 0.2) is 0 Å². The van der Waals surface area contributed by atoms with E-state index in [-0.39, 0.29) is 11.9 Å². The van der Waals surface area contributed by atoms with Gasteiger partial charge in [-0.3, -0.25) is 4.79 Å². The quantitative estimate of drug-likeness (QED) is 0.621. The molecule has 1 amide bonds. The fourth-order valence-corrected chi connectivity index (χ4v) is 1.51. The van der Waals surface area contributed by atoms with Gasteiger partial charge in [-0.2, -0.15) is 0 Å². The van der Waals surface area contributed by atoms with Gasteiger partial charge in [-0.05, 0) is 12.8 Å². The van der Waals surface area contributed by atoms with Gasteiger partial charge in [0.05, 0.1) is 6.04 Å². The van der Waals surface area contributed by atoms with Crippen molar-refractivity contribution in [3.8, 4) is 0 Å². The third-order valence-electron chi connectivity index (χ3n) is 2.98. The van der Waals surface area contributed by atoms with Gasteiger partial charge in [0.25, 0.3) is 0 Å². The smallest absolute Gasteiger partial charge is 0.238 e. The van der Waals surface area contributed by atoms with E-state index in [4.69, 9.17) is 0 Å². The minimum atomic E-state index is -0.0646. The Morgan fingerprint density at radius 1 is 1.47 bits per heavy atom. The molecule has 4 nitrogen and oxygen atoms in total. The summed E-state index contributed by atoms with van der Waals surface area (Å²) in [7, 11) is 0. The molecule has 0 aliphatic carbocycles. The van der Waals surface area contributed by atoms with Crippen LogP contribution in [0.1, 0.15) is 27.2 Å². The molecule has 88 valence electrons. The molecule has 1 aliphatic heterocycles. The first-order chi connectivity index (χ1) is 7.13. The van der Waals surface area contributed by atoms with E-state index in [2.05, 4.69) is 36.7 Å². The topological polar surface area (TPSA) is 53.2 Å². The van der Waals surface area contributed by atoms with Crippen LogP contribution in [0.15, 0.2) is 0 Å². The third kappa shape index (κ3) is 4.18. The van der Waals surface area contributed by atoms with Crippen LogP contribution in [0.25, 0.3) is 0 Å². The van der Waals surface area contributed by atoms with Gasteiger partial charge in [0.1, 0.15) is 0 Å². The predicted octanol–water partition coefficient (Wildman–Crippen LogP) is 0.0986. The number of carbonyl (C=O) groups is 1. The molecule has 0 saturated carbocycles. The Labute approximate surface area is 92.2 Å². The summed E-state index contributed by atoms with van der Waals surface area (Å²) in [5.74, 6) is 0.680. The van der Waals surface area contributed by atoms with Crippen LogP contribution < -0.4 is 16.0 Å². The van der Waals surface area contributed by atoms with Crippen LogP contribution in [0, 0.1) is 5.92 Å². The fourth-order valence-electron chi connectivity index (χ4n) is 1.51. The first kappa shape index (κ1) is 12.5. The van der Waals surface area contributed by atoms with Gasteiger partial charge in [-0.15, -0.1) is 0 Å². The zero-order chi connectivity index (χ0) is 11.3. The highest BCUT2D eigenvalue weighted by Crippen LogP contribution is 1.98. The van der Waals surface area contributed by atoms with Crippen LogP contribution in [-0.2, 0) is 4.79 Å². The highest BCUT2D eigenvalue weighted by Gasteiger charge is 2.22. The first-order valence-electron chi connectivity index (χ1n) is 5.88. The van der Waals surface area contributed by atoms with Gasteiger partial charge in [0.2, 0.25) is 5.91 Å². The summed E-state index contributed by atoms with van der Waals surface area (Å²) >= 11 is 0. The average Bonchev–Trinajstić information content (AvgIpc) is 2.26. The molecule has 4 heteroatoms. The lowest BCUT2D eigenvalue weighted by Gasteiger charge is -2.28. The number of hydrogen-bond acceptors (Lipinski definition) is 3. The maximum absolute atomic E-state index is 11.7. The minimum Gasteiger partial charge on any atom is -0.354 e. The van der Waals surface area contributed by atoms with E-state index in [9.17, 15) is 4.79 Å². The lowest BCUT2D eigenvalue weighted by molar-refractivity contribution is -0.123. The number of rotatable bonds is 4. The summed E-state index contributed by atoms with van der Waals surface area (Å²) in [5, 5.41) is 9.50. The second kappa shape index (κ2) is 6.08. The van der Waals surface area contributed by atoms with E-state index in [1.54, 1.807) is 0 Å². The van der Waals surface area contributed by atoms with Crippen LogP contribution >= 0.6 is 0 Å². The highest BCUT2D eigenvalue weighted by molar-refractivity contribution is 5.82. The van der Waals surface area contributed by atoms with Crippen molar-refractivity contribution >= 4 is 5.91 Å². The maximum Gasteiger partial charge on any atom is 0.238 e. The molecule has 1 saturated heterocycles. The van der Waals surface area contributed by atoms with Crippen molar-refractivity contribution in [2.45, 2.75) is 39.3 Å². The van der Waals surface area contributed by atoms with Crippen molar-refractivity contribution in [2.24, 2.45) is 5.92 Å². The summed E-state index contributed by atoms with van der Waals surface area (Å²) in [6, 6.07) is 0.397. The predicted molar refractivity (Wildman–Crippen MR) is 61.7 cm³/mol. The van der Waals surface area contributed by atoms with Crippen LogP contribution in [0.3, 0.4) is 0 Å². The Bertz CT molecular complexity index is 200. The number of amides is 1. The molecule has 1 heterocycles. The van der Waals surface area contributed by atoms with E-state index >= 15 is 0 Å². The van der Waals surface area contributed by atoms with E-state index in [1.165, 1.54) is 0 Å². The molecule has 0 radical (unpaired) electrons. The van der Waals surface area contributed by atoms with E-state index in [1.807, 2.05) is 0 Å². The SMILES string of the molecule is CCC(C)CNC(=O)C1CNC(C)CN1. The lowest BCUT2D eigenvalue weighted by Crippen LogP contribution is -2.59. The second-order valence-corrected chi connectivity index (χ2v) is 4.53. The zero-order valence-corrected chi connectivity index (χ0v) is 9.97. The summed E-state index contributed by atoms with van der Waals surface area (Å²) in [5.41, 5.74) is 0. The monoisotopic (exact) mass is 213 g/mol. The molecule has 3 atom stereocenters. The van der Waals surface area contributed by atoms with E-state index in [0.717, 1.165) is 26.1 Å². The fraction of sp³-hybridized carbons (Fsp3) is 0.909. The normalized spacial score (nSPS) is 28.5. The molecule has 3 N–H and O–H groups in total. The van der Waals surface area contributed by atoms with E-state index < -0.39 is 0 Å². The van der Waals surface area contributed by atoms with Crippen molar-refractivity contribution < 1.29 is 4.79 Å². The van der Waals surface area contributed by atoms with Gasteiger partial charge in [-0.25, -0.2) is 0 Å². The Hall–Kier alpha value is -0.610. The molecule has 0 bridgehead atoms. The highest BCUT2D eigenvalue weighted by atomic mass is 16.2. The van der Waals surface area contributed by atoms with Crippen LogP contribution in [0.4, 0.5) is 0 Å². The Kier molecular flexibility index (Phi) is 5.05. The molecule has 0 spiro atoms. The Morgan fingerprint density at radius 3 is 2.73 bits per heavy atom. The van der Waals surface area contributed by atoms with Gasteiger partial charge >= 0.3 is 0 Å². The van der Waals surface area contributed by atoms with Gasteiger partial charge in [-0.1, -0.05) is 20.3 Å². The third-order valence-corrected chi connectivity index (χ3v) is 2.98. The standard InChI is InChI=1S/C11H23N3O/c1-4-8(2)5-14-11(15)10-7-12-9(3)6-13-10/h8-10,12-13H,4-7H2,1-3H3,(H,14,15). The molecular formula is C11H23N3O. The minimum absolute atomic E-state index is 0.0646. The molecular weight excluding hydrogens is 190 g/mol. The van der Waals surface area contributed by atoms with Crippen LogP contribution in [0.5, 0.6) is 0 Å². The van der Waals surface area contributed by atoms with Crippen LogP contribution in [-0.4, -0.2) is 37.6 Å². The lowest BCUT2D eigenvalue weighted by atomic mass is 10.1. The first-order valence-corrected chi connectivity index (χ1v) is 5.88. The average molecular weight is 213 g/mol. The summed E-state index contributed by atoms with van der Waals surface area (Å²) < 4.78 is 0. The van der Waals surface area contributed by atoms with E-state index in [0.29, 0.717) is 12.0 Å². The number of piperazine rings is 1. The number of carbonyl (C=O) groups excluding carboxylic acids is 1.